The molecule has 1 amide bonds. The van der Waals surface area contributed by atoms with Gasteiger partial charge in [0.15, 0.2) is 0 Å². The minimum Gasteiger partial charge on any atom is -0.481 e. The smallest absolute Gasteiger partial charge is 0.309 e. The molecule has 6 heteroatoms. The first-order chi connectivity index (χ1) is 11.4. The summed E-state index contributed by atoms with van der Waals surface area (Å²) in [5.74, 6) is -0.192. The van der Waals surface area contributed by atoms with Gasteiger partial charge in [-0.3, -0.25) is 9.59 Å². The number of aliphatic carboxylic acids is 1. The predicted octanol–water partition coefficient (Wildman–Crippen LogP) is 4.27. The van der Waals surface area contributed by atoms with Crippen molar-refractivity contribution in [1.82, 2.24) is 5.32 Å². The van der Waals surface area contributed by atoms with E-state index in [2.05, 4.69) is 11.4 Å². The Morgan fingerprint density at radius 3 is 2.62 bits per heavy atom. The van der Waals surface area contributed by atoms with Crippen LogP contribution in [0.5, 0.6) is 0 Å². The van der Waals surface area contributed by atoms with Crippen LogP contribution in [0.3, 0.4) is 0 Å². The van der Waals surface area contributed by atoms with Crippen molar-refractivity contribution in [3.8, 4) is 0 Å². The van der Waals surface area contributed by atoms with Gasteiger partial charge in [-0.2, -0.15) is 0 Å². The van der Waals surface area contributed by atoms with E-state index < -0.39 is 11.4 Å². The number of rotatable bonds is 8. The molecule has 1 aromatic carbocycles. The Morgan fingerprint density at radius 1 is 1.21 bits per heavy atom. The monoisotopic (exact) mass is 363 g/mol. The van der Waals surface area contributed by atoms with Crippen molar-refractivity contribution in [3.05, 3.63) is 52.2 Å². The summed E-state index contributed by atoms with van der Waals surface area (Å²) in [6.07, 6.45) is 0.387. The van der Waals surface area contributed by atoms with E-state index in [1.54, 1.807) is 43.0 Å². The normalized spacial score (nSPS) is 11.2. The van der Waals surface area contributed by atoms with E-state index in [1.807, 2.05) is 29.6 Å². The first-order valence-electron chi connectivity index (χ1n) is 7.66. The van der Waals surface area contributed by atoms with Crippen LogP contribution in [0.25, 0.3) is 0 Å². The maximum absolute atomic E-state index is 12.4. The highest BCUT2D eigenvalue weighted by Crippen LogP contribution is 2.28. The van der Waals surface area contributed by atoms with Crippen molar-refractivity contribution in [2.24, 2.45) is 5.41 Å². The van der Waals surface area contributed by atoms with Crippen LogP contribution in [-0.2, 0) is 10.5 Å². The molecule has 1 aromatic heterocycles. The van der Waals surface area contributed by atoms with E-state index in [9.17, 15) is 9.59 Å². The zero-order chi connectivity index (χ0) is 17.6. The van der Waals surface area contributed by atoms with Gasteiger partial charge in [0.1, 0.15) is 0 Å². The molecule has 0 saturated carbocycles. The lowest BCUT2D eigenvalue weighted by Crippen LogP contribution is -2.32. The SMILES string of the molecule is CC(C)(CCNC(=O)c1ccccc1SCc1cccs1)C(=O)O. The number of hydrogen-bond donors (Lipinski definition) is 2. The number of hydrogen-bond acceptors (Lipinski definition) is 4. The molecule has 128 valence electrons. The fraction of sp³-hybridized carbons (Fsp3) is 0.333. The van der Waals surface area contributed by atoms with E-state index in [-0.39, 0.29) is 5.91 Å². The number of amides is 1. The second-order valence-electron chi connectivity index (χ2n) is 6.06. The molecule has 0 atom stereocenters. The Balaban J connectivity index is 1.95. The third-order valence-electron chi connectivity index (χ3n) is 3.70. The van der Waals surface area contributed by atoms with Crippen LogP contribution in [0.15, 0.2) is 46.7 Å². The van der Waals surface area contributed by atoms with Crippen LogP contribution in [0.2, 0.25) is 0 Å². The summed E-state index contributed by atoms with van der Waals surface area (Å²) in [7, 11) is 0. The Morgan fingerprint density at radius 2 is 1.96 bits per heavy atom. The van der Waals surface area contributed by atoms with Crippen LogP contribution < -0.4 is 5.32 Å². The molecule has 0 unspecified atom stereocenters. The zero-order valence-electron chi connectivity index (χ0n) is 13.7. The van der Waals surface area contributed by atoms with Gasteiger partial charge in [-0.25, -0.2) is 0 Å². The lowest BCUT2D eigenvalue weighted by molar-refractivity contribution is -0.147. The van der Waals surface area contributed by atoms with Gasteiger partial charge in [-0.15, -0.1) is 23.1 Å². The molecule has 0 aliphatic carbocycles. The van der Waals surface area contributed by atoms with E-state index in [0.29, 0.717) is 18.5 Å². The van der Waals surface area contributed by atoms with Crippen molar-refractivity contribution < 1.29 is 14.7 Å². The van der Waals surface area contributed by atoms with Crippen molar-refractivity contribution in [2.75, 3.05) is 6.54 Å². The minimum absolute atomic E-state index is 0.162. The summed E-state index contributed by atoms with van der Waals surface area (Å²) < 4.78 is 0. The molecular weight excluding hydrogens is 342 g/mol. The van der Waals surface area contributed by atoms with Crippen molar-refractivity contribution >= 4 is 35.0 Å². The van der Waals surface area contributed by atoms with Crippen molar-refractivity contribution in [2.45, 2.75) is 30.9 Å². The molecule has 0 saturated heterocycles. The summed E-state index contributed by atoms with van der Waals surface area (Å²) in [5, 5.41) is 14.0. The third-order valence-corrected chi connectivity index (χ3v) is 5.88. The number of carbonyl (C=O) groups is 2. The summed E-state index contributed by atoms with van der Waals surface area (Å²) in [5.41, 5.74) is -0.215. The van der Waals surface area contributed by atoms with Gasteiger partial charge in [-0.1, -0.05) is 18.2 Å². The fourth-order valence-corrected chi connectivity index (χ4v) is 3.84. The molecule has 4 nitrogen and oxygen atoms in total. The quantitative estimate of drug-likeness (QED) is 0.687. The number of carboxylic acid groups (broad SMARTS) is 1. The van der Waals surface area contributed by atoms with Gasteiger partial charge < -0.3 is 10.4 Å². The molecule has 24 heavy (non-hydrogen) atoms. The van der Waals surface area contributed by atoms with E-state index >= 15 is 0 Å². The number of carboxylic acids is 1. The average molecular weight is 364 g/mol. The lowest BCUT2D eigenvalue weighted by atomic mass is 9.90. The largest absolute Gasteiger partial charge is 0.481 e. The Labute approximate surface area is 150 Å². The molecular formula is C18H21NO3S2. The second kappa shape index (κ2) is 8.35. The molecule has 0 spiro atoms. The minimum atomic E-state index is -0.858. The third kappa shape index (κ3) is 5.11. The molecule has 0 aliphatic rings. The highest BCUT2D eigenvalue weighted by molar-refractivity contribution is 7.98. The summed E-state index contributed by atoms with van der Waals surface area (Å²) >= 11 is 3.33. The van der Waals surface area contributed by atoms with Crippen LogP contribution in [-0.4, -0.2) is 23.5 Å². The summed E-state index contributed by atoms with van der Waals surface area (Å²) in [6.45, 7) is 3.65. The Kier molecular flexibility index (Phi) is 6.45. The van der Waals surface area contributed by atoms with Gasteiger partial charge in [0.05, 0.1) is 11.0 Å². The number of carbonyl (C=O) groups excluding carboxylic acids is 1. The van der Waals surface area contributed by atoms with Crippen molar-refractivity contribution in [1.29, 1.82) is 0 Å². The highest BCUT2D eigenvalue weighted by Gasteiger charge is 2.26. The predicted molar refractivity (Wildman–Crippen MR) is 98.7 cm³/mol. The first kappa shape index (κ1) is 18.5. The topological polar surface area (TPSA) is 66.4 Å². The molecule has 2 N–H and O–H groups in total. The number of benzene rings is 1. The van der Waals surface area contributed by atoms with Gasteiger partial charge in [0.25, 0.3) is 5.91 Å². The van der Waals surface area contributed by atoms with E-state index in [1.165, 1.54) is 4.88 Å². The Hall–Kier alpha value is -1.79. The van der Waals surface area contributed by atoms with Crippen LogP contribution >= 0.6 is 23.1 Å². The van der Waals surface area contributed by atoms with Gasteiger partial charge in [0.2, 0.25) is 0 Å². The number of thiophene rings is 1. The lowest BCUT2D eigenvalue weighted by Gasteiger charge is -2.19. The number of nitrogens with one attached hydrogen (secondary N) is 1. The first-order valence-corrected chi connectivity index (χ1v) is 9.52. The number of thioether (sulfide) groups is 1. The molecule has 0 radical (unpaired) electrons. The van der Waals surface area contributed by atoms with E-state index in [0.717, 1.165) is 10.6 Å². The standard InChI is InChI=1S/C18H21NO3S2/c1-18(2,17(21)22)9-10-19-16(20)14-7-3-4-8-15(14)24-12-13-6-5-11-23-13/h3-8,11H,9-10,12H2,1-2H3,(H,19,20)(H,21,22). The molecule has 0 fully saturated rings. The van der Waals surface area contributed by atoms with Gasteiger partial charge in [-0.05, 0) is 43.8 Å². The van der Waals surface area contributed by atoms with Crippen molar-refractivity contribution in [3.63, 3.8) is 0 Å². The van der Waals surface area contributed by atoms with Crippen LogP contribution in [0, 0.1) is 5.41 Å². The molecule has 0 bridgehead atoms. The average Bonchev–Trinajstić information content (AvgIpc) is 3.06. The molecule has 2 aromatic rings. The second-order valence-corrected chi connectivity index (χ2v) is 8.11. The fourth-order valence-electron chi connectivity index (χ4n) is 2.01. The van der Waals surface area contributed by atoms with Crippen LogP contribution in [0.4, 0.5) is 0 Å². The maximum Gasteiger partial charge on any atom is 0.309 e. The summed E-state index contributed by atoms with van der Waals surface area (Å²) in [4.78, 5) is 25.7. The van der Waals surface area contributed by atoms with Gasteiger partial charge >= 0.3 is 5.97 Å². The molecule has 0 aliphatic heterocycles. The van der Waals surface area contributed by atoms with Crippen LogP contribution in [0.1, 0.15) is 35.5 Å². The molecule has 2 rings (SSSR count). The maximum atomic E-state index is 12.4. The molecule has 1 heterocycles. The Bertz CT molecular complexity index is 696. The zero-order valence-corrected chi connectivity index (χ0v) is 15.4. The van der Waals surface area contributed by atoms with E-state index in [4.69, 9.17) is 5.11 Å². The summed E-state index contributed by atoms with van der Waals surface area (Å²) in [6, 6.07) is 11.6. The highest BCUT2D eigenvalue weighted by atomic mass is 32.2. The van der Waals surface area contributed by atoms with Gasteiger partial charge in [0, 0.05) is 22.1 Å².